The number of nitrogens with one attached hydrogen (secondary N) is 2. The van der Waals surface area contributed by atoms with Gasteiger partial charge in [0.2, 0.25) is 11.0 Å². The molecule has 1 spiro atoms. The molecule has 2 aliphatic rings. The summed E-state index contributed by atoms with van der Waals surface area (Å²) in [5, 5.41) is 15.2. The highest BCUT2D eigenvalue weighted by Gasteiger charge is 2.52. The molecule has 0 saturated heterocycles. The van der Waals surface area contributed by atoms with Crippen molar-refractivity contribution in [3.63, 3.8) is 0 Å². The van der Waals surface area contributed by atoms with E-state index in [0.29, 0.717) is 33.5 Å². The minimum atomic E-state index is -1.48. The number of hydrogen-bond acceptors (Lipinski definition) is 7. The molecule has 0 fully saturated rings. The van der Waals surface area contributed by atoms with Gasteiger partial charge in [0.05, 0.1) is 11.3 Å². The normalized spacial score (nSPS) is 18.6. The van der Waals surface area contributed by atoms with E-state index in [1.807, 2.05) is 42.5 Å². The molecule has 0 aliphatic carbocycles. The van der Waals surface area contributed by atoms with Crippen molar-refractivity contribution in [2.24, 2.45) is 0 Å². The van der Waals surface area contributed by atoms with Crippen LogP contribution in [0.4, 0.5) is 11.4 Å². The molecule has 2 aliphatic heterocycles. The molecule has 2 aromatic carbocycles. The zero-order valence-electron chi connectivity index (χ0n) is 15.0. The number of hydrogen-bond donors (Lipinski definition) is 2. The highest BCUT2D eigenvalue weighted by molar-refractivity contribution is 9.10. The third-order valence-electron chi connectivity index (χ3n) is 4.64. The van der Waals surface area contributed by atoms with E-state index in [4.69, 9.17) is 4.74 Å². The minimum absolute atomic E-state index is 0.243. The number of carbonyl (C=O) groups is 1. The fraction of sp³-hybridized carbons (Fsp3) is 0.100. The third-order valence-corrected chi connectivity index (χ3v) is 5.96. The van der Waals surface area contributed by atoms with Crippen molar-refractivity contribution >= 4 is 45.0 Å². The average Bonchev–Trinajstić information content (AvgIpc) is 2.89. The number of nitrogens with zero attached hydrogens (tertiary/aromatic N) is 3. The Morgan fingerprint density at radius 3 is 2.93 bits per heavy atom. The number of thioether (sulfide) groups is 1. The molecule has 2 N–H and O–H groups in total. The summed E-state index contributed by atoms with van der Waals surface area (Å²) in [4.78, 5) is 17.7. The maximum atomic E-state index is 13.2. The molecule has 9 heteroatoms. The molecule has 5 rings (SSSR count). The molecular formula is C20H14BrN5O2S. The predicted octanol–water partition coefficient (Wildman–Crippen LogP) is 4.19. The number of halogens is 1. The Kier molecular flexibility index (Phi) is 4.29. The van der Waals surface area contributed by atoms with Gasteiger partial charge >= 0.3 is 0 Å². The van der Waals surface area contributed by atoms with Gasteiger partial charge in [-0.1, -0.05) is 52.0 Å². The smallest absolute Gasteiger partial charge is 0.295 e. The molecule has 29 heavy (non-hydrogen) atoms. The van der Waals surface area contributed by atoms with E-state index in [-0.39, 0.29) is 11.8 Å². The van der Waals surface area contributed by atoms with E-state index in [1.165, 1.54) is 11.8 Å². The van der Waals surface area contributed by atoms with E-state index < -0.39 is 5.72 Å². The van der Waals surface area contributed by atoms with E-state index in [9.17, 15) is 4.79 Å². The number of fused-ring (bicyclic) bond motifs is 5. The van der Waals surface area contributed by atoms with Gasteiger partial charge < -0.3 is 15.4 Å². The maximum Gasteiger partial charge on any atom is 0.295 e. The number of ether oxygens (including phenoxy) is 1. The van der Waals surface area contributed by atoms with Crippen LogP contribution in [0, 0.1) is 0 Å². The summed E-state index contributed by atoms with van der Waals surface area (Å²) in [7, 11) is 0. The Morgan fingerprint density at radius 2 is 2.07 bits per heavy atom. The zero-order chi connectivity index (χ0) is 20.0. The first-order valence-corrected chi connectivity index (χ1v) is 10.5. The molecule has 7 nitrogen and oxygen atoms in total. The molecule has 1 aromatic heterocycles. The highest BCUT2D eigenvalue weighted by atomic mass is 79.9. The van der Waals surface area contributed by atoms with Crippen LogP contribution < -0.4 is 15.4 Å². The van der Waals surface area contributed by atoms with E-state index in [0.717, 1.165) is 10.0 Å². The lowest BCUT2D eigenvalue weighted by molar-refractivity contribution is -0.128. The average molecular weight is 468 g/mol. The van der Waals surface area contributed by atoms with Crippen molar-refractivity contribution in [2.75, 3.05) is 16.4 Å². The molecule has 0 radical (unpaired) electrons. The van der Waals surface area contributed by atoms with Gasteiger partial charge in [-0.25, -0.2) is 0 Å². The Labute approximate surface area is 179 Å². The van der Waals surface area contributed by atoms with Crippen LogP contribution in [-0.2, 0) is 10.5 Å². The molecule has 3 aromatic rings. The number of amides is 1. The molecule has 3 heterocycles. The lowest BCUT2D eigenvalue weighted by atomic mass is 10.0. The van der Waals surface area contributed by atoms with Gasteiger partial charge in [0.15, 0.2) is 5.69 Å². The number of benzene rings is 2. The minimum Gasteiger partial charge on any atom is -0.435 e. The fourth-order valence-electron chi connectivity index (χ4n) is 3.37. The summed E-state index contributed by atoms with van der Waals surface area (Å²) in [6.45, 7) is 3.71. The first-order valence-electron chi connectivity index (χ1n) is 8.77. The van der Waals surface area contributed by atoms with E-state index in [1.54, 1.807) is 6.08 Å². The monoisotopic (exact) mass is 467 g/mol. The second kappa shape index (κ2) is 6.85. The number of rotatable bonds is 3. The van der Waals surface area contributed by atoms with Crippen molar-refractivity contribution in [1.82, 2.24) is 15.2 Å². The molecule has 144 valence electrons. The summed E-state index contributed by atoms with van der Waals surface area (Å²) >= 11 is 4.87. The Hall–Kier alpha value is -2.91. The van der Waals surface area contributed by atoms with E-state index in [2.05, 4.69) is 48.3 Å². The predicted molar refractivity (Wildman–Crippen MR) is 115 cm³/mol. The fourth-order valence-corrected chi connectivity index (χ4v) is 4.24. The molecule has 1 amide bonds. The van der Waals surface area contributed by atoms with Gasteiger partial charge in [0.1, 0.15) is 0 Å². The first-order chi connectivity index (χ1) is 14.1. The van der Waals surface area contributed by atoms with Crippen molar-refractivity contribution < 1.29 is 9.53 Å². The van der Waals surface area contributed by atoms with Crippen molar-refractivity contribution in [3.05, 3.63) is 65.2 Å². The molecular weight excluding hydrogens is 454 g/mol. The van der Waals surface area contributed by atoms with Gasteiger partial charge in [-0.2, -0.15) is 4.98 Å². The summed E-state index contributed by atoms with van der Waals surface area (Å²) in [5.41, 5.74) is 1.81. The topological polar surface area (TPSA) is 89.0 Å². The standard InChI is InChI=1S/C20H14BrN5O2S/c1-2-9-29-19-23-17-16(25-26-19)12-5-3-4-6-14(12)24-20(28-17)13-10-11(21)7-8-15(13)22-18(20)27/h2-8,10,24H,1,9H2,(H,22,27). The van der Waals surface area contributed by atoms with Gasteiger partial charge in [-0.05, 0) is 24.3 Å². The van der Waals surface area contributed by atoms with Crippen LogP contribution in [0.3, 0.4) is 0 Å². The first kappa shape index (κ1) is 18.1. The Morgan fingerprint density at radius 1 is 1.21 bits per heavy atom. The summed E-state index contributed by atoms with van der Waals surface area (Å²) < 4.78 is 7.14. The Bertz CT molecular complexity index is 1170. The largest absolute Gasteiger partial charge is 0.435 e. The van der Waals surface area contributed by atoms with E-state index >= 15 is 0 Å². The quantitative estimate of drug-likeness (QED) is 0.440. The van der Waals surface area contributed by atoms with Crippen molar-refractivity contribution in [2.45, 2.75) is 10.9 Å². The van der Waals surface area contributed by atoms with Crippen molar-refractivity contribution in [3.8, 4) is 17.1 Å². The Balaban J connectivity index is 1.73. The van der Waals surface area contributed by atoms with Crippen molar-refractivity contribution in [1.29, 1.82) is 0 Å². The third kappa shape index (κ3) is 2.89. The van der Waals surface area contributed by atoms with Crippen LogP contribution in [0.5, 0.6) is 5.88 Å². The van der Waals surface area contributed by atoms with Crippen LogP contribution in [0.25, 0.3) is 11.3 Å². The van der Waals surface area contributed by atoms with Gasteiger partial charge in [0, 0.05) is 21.5 Å². The van der Waals surface area contributed by atoms with Crippen LogP contribution in [0.2, 0.25) is 0 Å². The molecule has 1 atom stereocenters. The maximum absolute atomic E-state index is 13.2. The van der Waals surface area contributed by atoms with Crippen LogP contribution in [0.15, 0.2) is 64.7 Å². The number of para-hydroxylation sites is 1. The molecule has 1 unspecified atom stereocenters. The lowest BCUT2D eigenvalue weighted by Gasteiger charge is -2.28. The van der Waals surface area contributed by atoms with Gasteiger partial charge in [-0.15, -0.1) is 16.8 Å². The lowest BCUT2D eigenvalue weighted by Crippen LogP contribution is -2.47. The van der Waals surface area contributed by atoms with Crippen LogP contribution >= 0.6 is 27.7 Å². The second-order valence-electron chi connectivity index (χ2n) is 6.45. The highest BCUT2D eigenvalue weighted by Crippen LogP contribution is 2.47. The second-order valence-corrected chi connectivity index (χ2v) is 8.35. The summed E-state index contributed by atoms with van der Waals surface area (Å²) in [5.74, 6) is 0.552. The van der Waals surface area contributed by atoms with Gasteiger partial charge in [0.25, 0.3) is 11.6 Å². The SMILES string of the molecule is C=CCSc1nnc2c(n1)OC1(Nc3ccccc3-2)C(=O)Nc2ccc(Br)cc21. The number of carbonyl (C=O) groups excluding carboxylic acids is 1. The summed E-state index contributed by atoms with van der Waals surface area (Å²) in [6.07, 6.45) is 1.76. The number of aromatic nitrogens is 3. The molecule has 0 saturated carbocycles. The summed E-state index contributed by atoms with van der Waals surface area (Å²) in [6, 6.07) is 13.1. The van der Waals surface area contributed by atoms with Gasteiger partial charge in [-0.3, -0.25) is 4.79 Å². The zero-order valence-corrected chi connectivity index (χ0v) is 17.4. The number of anilines is 2. The van der Waals surface area contributed by atoms with Crippen LogP contribution in [-0.4, -0.2) is 26.8 Å². The molecule has 0 bridgehead atoms. The van der Waals surface area contributed by atoms with Crippen LogP contribution in [0.1, 0.15) is 5.56 Å².